The number of aryl methyl sites for hydroxylation is 1. The Hall–Kier alpha value is -3.12. The minimum atomic E-state index is -0.880. The van der Waals surface area contributed by atoms with Gasteiger partial charge in [-0.05, 0) is 48.4 Å². The lowest BCUT2D eigenvalue weighted by molar-refractivity contribution is -0.136. The van der Waals surface area contributed by atoms with Crippen LogP contribution in [0, 0.1) is 6.92 Å². The van der Waals surface area contributed by atoms with Crippen LogP contribution >= 0.6 is 11.6 Å². The molecule has 6 nitrogen and oxygen atoms in total. The number of carboxylic acid groups (broad SMARTS) is 1. The smallest absolute Gasteiger partial charge is 0.307 e. The predicted molar refractivity (Wildman–Crippen MR) is 139 cm³/mol. The Kier molecular flexibility index (Phi) is 6.30. The van der Waals surface area contributed by atoms with Gasteiger partial charge < -0.3 is 14.2 Å². The number of hydrogen-bond acceptors (Lipinski definition) is 4. The molecule has 0 saturated carbocycles. The summed E-state index contributed by atoms with van der Waals surface area (Å²) in [6.45, 7) is 14.7. The van der Waals surface area contributed by atoms with Crippen LogP contribution in [0.4, 0.5) is 0 Å². The fourth-order valence-corrected chi connectivity index (χ4v) is 4.72. The molecule has 0 saturated heterocycles. The molecule has 0 spiro atoms. The van der Waals surface area contributed by atoms with Crippen LogP contribution in [-0.4, -0.2) is 25.8 Å². The molecule has 0 bridgehead atoms. The maximum atomic E-state index is 11.5. The molecule has 0 unspecified atom stereocenters. The van der Waals surface area contributed by atoms with Gasteiger partial charge in [0, 0.05) is 45.1 Å². The number of benzene rings is 1. The zero-order chi connectivity index (χ0) is 25.7. The lowest BCUT2D eigenvalue weighted by atomic mass is 9.82. The SMILES string of the molecule is Cc1ccc2c(CC(=O)O)cn(-c3ccc(Cl)cc3Cc3c(C(C)(C)C)noc3C(C)(C)C)c2n1. The Morgan fingerprint density at radius 2 is 1.77 bits per heavy atom. The molecule has 3 heterocycles. The first-order valence-corrected chi connectivity index (χ1v) is 12.1. The molecule has 1 N–H and O–H groups in total. The quantitative estimate of drug-likeness (QED) is 0.331. The second-order valence-corrected chi connectivity index (χ2v) is 11.6. The summed E-state index contributed by atoms with van der Waals surface area (Å²) in [4.78, 5) is 16.3. The van der Waals surface area contributed by atoms with Gasteiger partial charge >= 0.3 is 5.97 Å². The summed E-state index contributed by atoms with van der Waals surface area (Å²) in [5.41, 5.74) is 5.74. The molecule has 0 fully saturated rings. The number of hydrogen-bond donors (Lipinski definition) is 1. The van der Waals surface area contributed by atoms with Gasteiger partial charge in [-0.25, -0.2) is 4.98 Å². The van der Waals surface area contributed by atoms with Crippen molar-refractivity contribution < 1.29 is 14.4 Å². The molecule has 1 aromatic carbocycles. The van der Waals surface area contributed by atoms with Crippen molar-refractivity contribution in [2.45, 2.75) is 72.1 Å². The largest absolute Gasteiger partial charge is 0.481 e. The standard InChI is InChI=1S/C28H32ClN3O3/c1-16-8-10-20-18(14-23(33)34)15-32(26(20)30-16)22-11-9-19(29)12-17(22)13-21-24(27(2,3)4)31-35-25(21)28(5,6)7/h8-12,15H,13-14H2,1-7H3,(H,33,34). The Bertz CT molecular complexity index is 1390. The van der Waals surface area contributed by atoms with Crippen molar-refractivity contribution in [3.05, 3.63) is 75.4 Å². The number of aromatic nitrogens is 3. The molecule has 4 aromatic rings. The van der Waals surface area contributed by atoms with Crippen molar-refractivity contribution in [1.29, 1.82) is 0 Å². The number of fused-ring (bicyclic) bond motifs is 1. The van der Waals surface area contributed by atoms with Gasteiger partial charge in [-0.2, -0.15) is 0 Å². The number of pyridine rings is 1. The lowest BCUT2D eigenvalue weighted by Crippen LogP contribution is -2.18. The van der Waals surface area contributed by atoms with Crippen molar-refractivity contribution in [3.8, 4) is 5.69 Å². The molecule has 0 atom stereocenters. The average Bonchev–Trinajstić information content (AvgIpc) is 3.29. The zero-order valence-corrected chi connectivity index (χ0v) is 22.1. The number of halogens is 1. The van der Waals surface area contributed by atoms with E-state index >= 15 is 0 Å². The third-order valence-electron chi connectivity index (χ3n) is 6.06. The topological polar surface area (TPSA) is 81.1 Å². The van der Waals surface area contributed by atoms with E-state index < -0.39 is 5.97 Å². The van der Waals surface area contributed by atoms with E-state index in [0.29, 0.717) is 11.4 Å². The molecule has 0 amide bonds. The Balaban J connectivity index is 1.94. The summed E-state index contributed by atoms with van der Waals surface area (Å²) >= 11 is 6.48. The number of carboxylic acids is 1. The van der Waals surface area contributed by atoms with Crippen LogP contribution in [-0.2, 0) is 28.5 Å². The van der Waals surface area contributed by atoms with Crippen LogP contribution < -0.4 is 0 Å². The minimum Gasteiger partial charge on any atom is -0.481 e. The van der Waals surface area contributed by atoms with E-state index in [2.05, 4.69) is 46.7 Å². The second kappa shape index (κ2) is 8.83. The number of rotatable bonds is 5. The summed E-state index contributed by atoms with van der Waals surface area (Å²) in [5.74, 6) is -0.0266. The van der Waals surface area contributed by atoms with Gasteiger partial charge in [-0.3, -0.25) is 4.79 Å². The summed E-state index contributed by atoms with van der Waals surface area (Å²) in [6.07, 6.45) is 2.37. The molecule has 0 aliphatic heterocycles. The van der Waals surface area contributed by atoms with Crippen molar-refractivity contribution in [3.63, 3.8) is 0 Å². The van der Waals surface area contributed by atoms with E-state index in [1.165, 1.54) is 0 Å². The van der Waals surface area contributed by atoms with Crippen molar-refractivity contribution >= 4 is 28.6 Å². The van der Waals surface area contributed by atoms with Gasteiger partial charge in [-0.1, -0.05) is 58.3 Å². The van der Waals surface area contributed by atoms with Crippen LogP contribution in [0.1, 0.15) is 75.4 Å². The maximum Gasteiger partial charge on any atom is 0.307 e. The second-order valence-electron chi connectivity index (χ2n) is 11.2. The minimum absolute atomic E-state index is 0.0782. The van der Waals surface area contributed by atoms with E-state index in [9.17, 15) is 9.90 Å². The predicted octanol–water partition coefficient (Wildman–Crippen LogP) is 6.79. The highest BCUT2D eigenvalue weighted by Gasteiger charge is 2.32. The monoisotopic (exact) mass is 493 g/mol. The molecule has 3 aromatic heterocycles. The van der Waals surface area contributed by atoms with Gasteiger partial charge in [0.25, 0.3) is 0 Å². The van der Waals surface area contributed by atoms with Gasteiger partial charge in [0.2, 0.25) is 0 Å². The van der Waals surface area contributed by atoms with Crippen LogP contribution in [0.25, 0.3) is 16.7 Å². The summed E-state index contributed by atoms with van der Waals surface area (Å²) < 4.78 is 7.88. The fourth-order valence-electron chi connectivity index (χ4n) is 4.52. The van der Waals surface area contributed by atoms with E-state index in [-0.39, 0.29) is 17.3 Å². The Morgan fingerprint density at radius 3 is 2.40 bits per heavy atom. The summed E-state index contributed by atoms with van der Waals surface area (Å²) in [7, 11) is 0. The molecule has 7 heteroatoms. The van der Waals surface area contributed by atoms with Crippen LogP contribution in [0.5, 0.6) is 0 Å². The number of carbonyl (C=O) groups is 1. The van der Waals surface area contributed by atoms with Gasteiger partial charge in [0.05, 0.1) is 17.8 Å². The highest BCUT2D eigenvalue weighted by molar-refractivity contribution is 6.30. The molecular weight excluding hydrogens is 462 g/mol. The van der Waals surface area contributed by atoms with Crippen LogP contribution in [0.3, 0.4) is 0 Å². The Morgan fingerprint density at radius 1 is 1.06 bits per heavy atom. The molecule has 4 rings (SSSR count). The first kappa shape index (κ1) is 25.0. The highest BCUT2D eigenvalue weighted by Crippen LogP contribution is 2.37. The number of aliphatic carboxylic acids is 1. The molecule has 0 aliphatic carbocycles. The van der Waals surface area contributed by atoms with Gasteiger partial charge in [0.1, 0.15) is 11.4 Å². The zero-order valence-electron chi connectivity index (χ0n) is 21.4. The molecule has 184 valence electrons. The maximum absolute atomic E-state index is 11.5. The van der Waals surface area contributed by atoms with Crippen LogP contribution in [0.15, 0.2) is 41.1 Å². The van der Waals surface area contributed by atoms with Crippen LogP contribution in [0.2, 0.25) is 5.02 Å². The number of nitrogens with zero attached hydrogens (tertiary/aromatic N) is 3. The van der Waals surface area contributed by atoms with E-state index in [1.54, 1.807) is 0 Å². The summed E-state index contributed by atoms with van der Waals surface area (Å²) in [6, 6.07) is 9.62. The third-order valence-corrected chi connectivity index (χ3v) is 6.30. The fraction of sp³-hybridized carbons (Fsp3) is 0.393. The van der Waals surface area contributed by atoms with E-state index in [0.717, 1.165) is 50.6 Å². The molecule has 0 aliphatic rings. The Labute approximate surface area is 210 Å². The van der Waals surface area contributed by atoms with E-state index in [1.807, 2.05) is 48.0 Å². The van der Waals surface area contributed by atoms with Crippen molar-refractivity contribution in [1.82, 2.24) is 14.7 Å². The van der Waals surface area contributed by atoms with Crippen molar-refractivity contribution in [2.24, 2.45) is 0 Å². The molecule has 35 heavy (non-hydrogen) atoms. The van der Waals surface area contributed by atoms with Crippen molar-refractivity contribution in [2.75, 3.05) is 0 Å². The average molecular weight is 494 g/mol. The lowest BCUT2D eigenvalue weighted by Gasteiger charge is -2.21. The van der Waals surface area contributed by atoms with Gasteiger partial charge in [-0.15, -0.1) is 0 Å². The first-order valence-electron chi connectivity index (χ1n) is 11.7. The summed E-state index contributed by atoms with van der Waals surface area (Å²) in [5, 5.41) is 15.4. The van der Waals surface area contributed by atoms with E-state index in [4.69, 9.17) is 21.1 Å². The normalized spacial score (nSPS) is 12.5. The molecule has 0 radical (unpaired) electrons. The third kappa shape index (κ3) is 4.98. The first-order chi connectivity index (χ1) is 16.3. The highest BCUT2D eigenvalue weighted by atomic mass is 35.5. The molecular formula is C28H32ClN3O3. The van der Waals surface area contributed by atoms with Gasteiger partial charge in [0.15, 0.2) is 0 Å².